The van der Waals surface area contributed by atoms with Crippen molar-refractivity contribution in [1.29, 1.82) is 0 Å². The Morgan fingerprint density at radius 3 is 2.48 bits per heavy atom. The standard InChI is InChI=1S/C20H23N5S2/c1-5-11-25-18(13-26-19-21-14(2)12-15(3)22-19)23-24-20(25)27-16(4)17-9-7-6-8-10-17/h5-10,12,16H,1,11,13H2,2-4H3/t16-/m0/s1. The van der Waals surface area contributed by atoms with Crippen LogP contribution in [0.1, 0.15) is 34.9 Å². The summed E-state index contributed by atoms with van der Waals surface area (Å²) in [7, 11) is 0. The zero-order valence-corrected chi connectivity index (χ0v) is 17.4. The third kappa shape index (κ3) is 5.20. The van der Waals surface area contributed by atoms with E-state index >= 15 is 0 Å². The van der Waals surface area contributed by atoms with Crippen LogP contribution in [0, 0.1) is 13.8 Å². The fourth-order valence-corrected chi connectivity index (χ4v) is 4.56. The molecular weight excluding hydrogens is 374 g/mol. The summed E-state index contributed by atoms with van der Waals surface area (Å²) < 4.78 is 2.12. The van der Waals surface area contributed by atoms with Crippen LogP contribution in [-0.4, -0.2) is 24.7 Å². The van der Waals surface area contributed by atoms with E-state index in [1.807, 2.05) is 32.1 Å². The van der Waals surface area contributed by atoms with Gasteiger partial charge in [0.15, 0.2) is 10.3 Å². The molecule has 0 amide bonds. The third-order valence-electron chi connectivity index (χ3n) is 3.95. The zero-order chi connectivity index (χ0) is 19.2. The summed E-state index contributed by atoms with van der Waals surface area (Å²) in [5, 5.41) is 10.8. The molecule has 1 atom stereocenters. The van der Waals surface area contributed by atoms with Crippen LogP contribution < -0.4 is 0 Å². The summed E-state index contributed by atoms with van der Waals surface area (Å²) in [4.78, 5) is 8.98. The Bertz CT molecular complexity index is 888. The van der Waals surface area contributed by atoms with Crippen molar-refractivity contribution in [2.75, 3.05) is 0 Å². The summed E-state index contributed by atoms with van der Waals surface area (Å²) in [5.41, 5.74) is 3.23. The molecule has 0 spiro atoms. The lowest BCUT2D eigenvalue weighted by molar-refractivity contribution is 0.698. The number of nitrogens with zero attached hydrogens (tertiary/aromatic N) is 5. The zero-order valence-electron chi connectivity index (χ0n) is 15.8. The molecule has 2 heterocycles. The largest absolute Gasteiger partial charge is 0.301 e. The monoisotopic (exact) mass is 397 g/mol. The van der Waals surface area contributed by atoms with E-state index in [1.54, 1.807) is 23.5 Å². The number of thioether (sulfide) groups is 2. The molecule has 27 heavy (non-hydrogen) atoms. The first-order valence-corrected chi connectivity index (χ1v) is 10.6. The molecule has 0 radical (unpaired) electrons. The molecule has 0 bridgehead atoms. The van der Waals surface area contributed by atoms with Crippen molar-refractivity contribution in [3.63, 3.8) is 0 Å². The third-order valence-corrected chi connectivity index (χ3v) is 5.93. The Morgan fingerprint density at radius 1 is 1.11 bits per heavy atom. The fraction of sp³-hybridized carbons (Fsp3) is 0.300. The van der Waals surface area contributed by atoms with Crippen molar-refractivity contribution >= 4 is 23.5 Å². The predicted octanol–water partition coefficient (Wildman–Crippen LogP) is 5.02. The number of hydrogen-bond acceptors (Lipinski definition) is 6. The summed E-state index contributed by atoms with van der Waals surface area (Å²) in [6, 6.07) is 12.4. The lowest BCUT2D eigenvalue weighted by atomic mass is 10.2. The van der Waals surface area contributed by atoms with Gasteiger partial charge in [-0.2, -0.15) is 0 Å². The Balaban J connectivity index is 1.75. The van der Waals surface area contributed by atoms with E-state index in [2.05, 4.69) is 62.5 Å². The molecule has 0 saturated carbocycles. The highest BCUT2D eigenvalue weighted by Crippen LogP contribution is 2.34. The Morgan fingerprint density at radius 2 is 1.81 bits per heavy atom. The van der Waals surface area contributed by atoms with Crippen LogP contribution in [0.2, 0.25) is 0 Å². The van der Waals surface area contributed by atoms with E-state index in [0.717, 1.165) is 27.5 Å². The highest BCUT2D eigenvalue weighted by molar-refractivity contribution is 7.99. The quantitative estimate of drug-likeness (QED) is 0.302. The summed E-state index contributed by atoms with van der Waals surface area (Å²) >= 11 is 3.29. The molecule has 3 rings (SSSR count). The van der Waals surface area contributed by atoms with Crippen LogP contribution in [0.15, 0.2) is 59.4 Å². The maximum Gasteiger partial charge on any atom is 0.192 e. The molecule has 0 N–H and O–H groups in total. The average molecular weight is 398 g/mol. The summed E-state index contributed by atoms with van der Waals surface area (Å²) in [6.45, 7) is 10.7. The first-order valence-electron chi connectivity index (χ1n) is 8.76. The first-order chi connectivity index (χ1) is 13.1. The number of allylic oxidation sites excluding steroid dienone is 1. The minimum Gasteiger partial charge on any atom is -0.301 e. The molecule has 140 valence electrons. The fourth-order valence-electron chi connectivity index (χ4n) is 2.66. The lowest BCUT2D eigenvalue weighted by Gasteiger charge is -2.12. The van der Waals surface area contributed by atoms with Crippen molar-refractivity contribution in [3.8, 4) is 0 Å². The Labute approximate surface area is 168 Å². The average Bonchev–Trinajstić information content (AvgIpc) is 3.02. The molecule has 0 unspecified atom stereocenters. The van der Waals surface area contributed by atoms with Crippen molar-refractivity contribution in [3.05, 3.63) is 71.8 Å². The summed E-state index contributed by atoms with van der Waals surface area (Å²) in [5.74, 6) is 1.58. The van der Waals surface area contributed by atoms with Crippen LogP contribution in [0.4, 0.5) is 0 Å². The molecule has 7 heteroatoms. The van der Waals surface area contributed by atoms with Gasteiger partial charge in [-0.15, -0.1) is 16.8 Å². The van der Waals surface area contributed by atoms with Gasteiger partial charge < -0.3 is 4.57 Å². The van der Waals surface area contributed by atoms with Gasteiger partial charge in [0.1, 0.15) is 5.82 Å². The number of rotatable bonds is 8. The number of benzene rings is 1. The molecular formula is C20H23N5S2. The van der Waals surface area contributed by atoms with Gasteiger partial charge in [0, 0.05) is 23.2 Å². The van der Waals surface area contributed by atoms with Crippen LogP contribution >= 0.6 is 23.5 Å². The molecule has 3 aromatic rings. The van der Waals surface area contributed by atoms with Gasteiger partial charge >= 0.3 is 0 Å². The van der Waals surface area contributed by atoms with Gasteiger partial charge in [0.05, 0.1) is 5.75 Å². The van der Waals surface area contributed by atoms with Crippen molar-refractivity contribution in [2.45, 2.75) is 48.6 Å². The summed E-state index contributed by atoms with van der Waals surface area (Å²) in [6.07, 6.45) is 1.88. The van der Waals surface area contributed by atoms with Gasteiger partial charge in [-0.1, -0.05) is 59.9 Å². The topological polar surface area (TPSA) is 56.5 Å². The second-order valence-corrected chi connectivity index (χ2v) is 8.44. The van der Waals surface area contributed by atoms with Gasteiger partial charge in [0.2, 0.25) is 0 Å². The first kappa shape index (κ1) is 19.6. The van der Waals surface area contributed by atoms with Gasteiger partial charge in [-0.25, -0.2) is 9.97 Å². The number of aromatic nitrogens is 5. The lowest BCUT2D eigenvalue weighted by Crippen LogP contribution is -2.04. The number of hydrogen-bond donors (Lipinski definition) is 0. The Hall–Kier alpha value is -2.12. The smallest absolute Gasteiger partial charge is 0.192 e. The van der Waals surface area contributed by atoms with Crippen LogP contribution in [0.3, 0.4) is 0 Å². The minimum atomic E-state index is 0.294. The van der Waals surface area contributed by atoms with E-state index < -0.39 is 0 Å². The molecule has 5 nitrogen and oxygen atoms in total. The highest BCUT2D eigenvalue weighted by atomic mass is 32.2. The van der Waals surface area contributed by atoms with Crippen molar-refractivity contribution in [2.24, 2.45) is 0 Å². The molecule has 0 saturated heterocycles. The number of aryl methyl sites for hydroxylation is 2. The molecule has 0 aliphatic heterocycles. The van der Waals surface area contributed by atoms with E-state index in [0.29, 0.717) is 17.5 Å². The van der Waals surface area contributed by atoms with Gasteiger partial charge in [-0.05, 0) is 32.4 Å². The van der Waals surface area contributed by atoms with E-state index in [9.17, 15) is 0 Å². The maximum atomic E-state index is 4.49. The highest BCUT2D eigenvalue weighted by Gasteiger charge is 2.16. The van der Waals surface area contributed by atoms with E-state index in [1.165, 1.54) is 5.56 Å². The van der Waals surface area contributed by atoms with E-state index in [4.69, 9.17) is 0 Å². The van der Waals surface area contributed by atoms with Crippen molar-refractivity contribution in [1.82, 2.24) is 24.7 Å². The molecule has 1 aromatic carbocycles. The minimum absolute atomic E-state index is 0.294. The second-order valence-electron chi connectivity index (χ2n) is 6.19. The van der Waals surface area contributed by atoms with Crippen LogP contribution in [0.5, 0.6) is 0 Å². The van der Waals surface area contributed by atoms with Crippen LogP contribution in [0.25, 0.3) is 0 Å². The molecule has 0 aliphatic rings. The van der Waals surface area contributed by atoms with Gasteiger partial charge in [-0.3, -0.25) is 0 Å². The second kappa shape index (κ2) is 9.19. The molecule has 0 fully saturated rings. The maximum absolute atomic E-state index is 4.49. The van der Waals surface area contributed by atoms with E-state index in [-0.39, 0.29) is 0 Å². The Kier molecular flexibility index (Phi) is 6.68. The predicted molar refractivity (Wildman–Crippen MR) is 112 cm³/mol. The molecule has 0 aliphatic carbocycles. The normalized spacial score (nSPS) is 12.1. The van der Waals surface area contributed by atoms with Crippen LogP contribution in [-0.2, 0) is 12.3 Å². The van der Waals surface area contributed by atoms with Crippen molar-refractivity contribution < 1.29 is 0 Å². The molecule has 2 aromatic heterocycles. The SMILES string of the molecule is C=CCn1c(CSc2nc(C)cc(C)n2)nnc1S[C@@H](C)c1ccccc1. The van der Waals surface area contributed by atoms with Gasteiger partial charge in [0.25, 0.3) is 0 Å².